The summed E-state index contributed by atoms with van der Waals surface area (Å²) in [7, 11) is 0. The van der Waals surface area contributed by atoms with Gasteiger partial charge in [0.2, 0.25) is 5.51 Å². The fourth-order valence-corrected chi connectivity index (χ4v) is 5.63. The van der Waals surface area contributed by atoms with Crippen LogP contribution in [0.25, 0.3) is 0 Å². The summed E-state index contributed by atoms with van der Waals surface area (Å²) in [6.45, 7) is 6.08. The Kier molecular flexibility index (Phi) is 18.2. The quantitative estimate of drug-likeness (QED) is 0.116. The summed E-state index contributed by atoms with van der Waals surface area (Å²) in [5.74, 6) is 0.776. The standard InChI is InChI=1S/C29H54NO2S/c1-2-3-4-5-6-7-8-9-10-11-12-13-14-16-19-28-24-29(32-25-28)26-31-22-18-15-17-20-30-21-23-33-27-30/h21,23,27-29H,2-20,22,24-26H2,1H3/q+1/t28-,29+/m1/s1. The predicted molar refractivity (Wildman–Crippen MR) is 142 cm³/mol. The Labute approximate surface area is 209 Å². The van der Waals surface area contributed by atoms with Crippen LogP contribution in [0.5, 0.6) is 0 Å². The summed E-state index contributed by atoms with van der Waals surface area (Å²) in [4.78, 5) is 0. The number of thiazole rings is 1. The highest BCUT2D eigenvalue weighted by atomic mass is 32.1. The molecule has 2 atom stereocenters. The molecule has 1 aromatic rings. The number of aryl methyl sites for hydroxylation is 1. The molecule has 2 heterocycles. The molecule has 33 heavy (non-hydrogen) atoms. The molecule has 0 N–H and O–H groups in total. The maximum Gasteiger partial charge on any atom is 0.224 e. The van der Waals surface area contributed by atoms with E-state index in [1.165, 1.54) is 122 Å². The van der Waals surface area contributed by atoms with Crippen LogP contribution in [0.4, 0.5) is 0 Å². The van der Waals surface area contributed by atoms with Gasteiger partial charge in [0, 0.05) is 19.6 Å². The first-order valence-corrected chi connectivity index (χ1v) is 15.4. The van der Waals surface area contributed by atoms with Crippen molar-refractivity contribution in [2.75, 3.05) is 19.8 Å². The molecule has 1 fully saturated rings. The highest BCUT2D eigenvalue weighted by Crippen LogP contribution is 2.25. The maximum absolute atomic E-state index is 5.98. The fourth-order valence-electron chi connectivity index (χ4n) is 5.00. The first-order chi connectivity index (χ1) is 16.4. The summed E-state index contributed by atoms with van der Waals surface area (Å²) < 4.78 is 14.2. The molecule has 4 heteroatoms. The van der Waals surface area contributed by atoms with Gasteiger partial charge in [0.15, 0.2) is 6.20 Å². The third kappa shape index (κ3) is 16.0. The molecule has 192 valence electrons. The third-order valence-corrected chi connectivity index (χ3v) is 7.84. The van der Waals surface area contributed by atoms with E-state index < -0.39 is 0 Å². The zero-order chi connectivity index (χ0) is 23.2. The number of ether oxygens (including phenoxy) is 2. The van der Waals surface area contributed by atoms with Crippen LogP contribution >= 0.6 is 11.3 Å². The molecule has 0 amide bonds. The second kappa shape index (κ2) is 20.9. The molecule has 3 nitrogen and oxygen atoms in total. The van der Waals surface area contributed by atoms with Gasteiger partial charge in [-0.25, -0.2) is 0 Å². The minimum absolute atomic E-state index is 0.350. The SMILES string of the molecule is CCCCCCCCCCCCCCCC[C@H]1CO[C@H](COCCCCC[n+]2ccsc2)C1. The second-order valence-corrected chi connectivity index (χ2v) is 11.1. The van der Waals surface area contributed by atoms with Crippen LogP contribution in [0.2, 0.25) is 0 Å². The van der Waals surface area contributed by atoms with Crippen LogP contribution in [0.3, 0.4) is 0 Å². The van der Waals surface area contributed by atoms with E-state index in [1.54, 1.807) is 11.3 Å². The lowest BCUT2D eigenvalue weighted by Crippen LogP contribution is -2.29. The van der Waals surface area contributed by atoms with Gasteiger partial charge in [-0.1, -0.05) is 108 Å². The smallest absolute Gasteiger partial charge is 0.224 e. The summed E-state index contributed by atoms with van der Waals surface area (Å²) in [6.07, 6.45) is 28.9. The Morgan fingerprint density at radius 2 is 1.45 bits per heavy atom. The van der Waals surface area contributed by atoms with E-state index in [2.05, 4.69) is 28.6 Å². The van der Waals surface area contributed by atoms with E-state index in [-0.39, 0.29) is 0 Å². The van der Waals surface area contributed by atoms with Crippen LogP contribution in [-0.2, 0) is 16.0 Å². The lowest BCUT2D eigenvalue weighted by atomic mass is 9.97. The van der Waals surface area contributed by atoms with Crippen LogP contribution in [0.1, 0.15) is 129 Å². The molecule has 2 rings (SSSR count). The zero-order valence-electron chi connectivity index (χ0n) is 21.8. The van der Waals surface area contributed by atoms with Gasteiger partial charge in [-0.2, -0.15) is 4.57 Å². The van der Waals surface area contributed by atoms with Crippen molar-refractivity contribution in [3.8, 4) is 0 Å². The Bertz CT molecular complexity index is 522. The molecule has 0 radical (unpaired) electrons. The topological polar surface area (TPSA) is 22.3 Å². The average Bonchev–Trinajstić information content (AvgIpc) is 3.51. The van der Waals surface area contributed by atoms with Crippen molar-refractivity contribution in [2.24, 2.45) is 5.92 Å². The predicted octanol–water partition coefficient (Wildman–Crippen LogP) is 8.50. The highest BCUT2D eigenvalue weighted by molar-refractivity contribution is 7.07. The van der Waals surface area contributed by atoms with E-state index in [0.717, 1.165) is 32.3 Å². The van der Waals surface area contributed by atoms with Crippen LogP contribution in [0.15, 0.2) is 17.1 Å². The third-order valence-electron chi connectivity index (χ3n) is 7.17. The first kappa shape index (κ1) is 28.8. The van der Waals surface area contributed by atoms with Gasteiger partial charge in [0.05, 0.1) is 18.1 Å². The molecule has 0 aliphatic carbocycles. The number of nitrogens with zero attached hydrogens (tertiary/aromatic N) is 1. The van der Waals surface area contributed by atoms with E-state index in [1.807, 2.05) is 0 Å². The fraction of sp³-hybridized carbons (Fsp3) is 0.897. The monoisotopic (exact) mass is 480 g/mol. The van der Waals surface area contributed by atoms with E-state index in [0.29, 0.717) is 6.10 Å². The summed E-state index contributed by atoms with van der Waals surface area (Å²) in [5, 5.41) is 2.14. The lowest BCUT2D eigenvalue weighted by molar-refractivity contribution is -0.692. The number of hydrogen-bond donors (Lipinski definition) is 0. The molecule has 0 aromatic carbocycles. The van der Waals surface area contributed by atoms with Gasteiger partial charge >= 0.3 is 0 Å². The summed E-state index contributed by atoms with van der Waals surface area (Å²) >= 11 is 1.76. The Hall–Kier alpha value is -0.450. The van der Waals surface area contributed by atoms with Crippen LogP contribution in [0, 0.1) is 5.92 Å². The minimum Gasteiger partial charge on any atom is -0.379 e. The summed E-state index contributed by atoms with van der Waals surface area (Å²) in [6, 6.07) is 0. The van der Waals surface area contributed by atoms with Crippen molar-refractivity contribution in [3.05, 3.63) is 17.1 Å². The van der Waals surface area contributed by atoms with Crippen molar-refractivity contribution < 1.29 is 14.0 Å². The van der Waals surface area contributed by atoms with Crippen molar-refractivity contribution in [2.45, 2.75) is 142 Å². The first-order valence-electron chi connectivity index (χ1n) is 14.5. The minimum atomic E-state index is 0.350. The zero-order valence-corrected chi connectivity index (χ0v) is 22.6. The van der Waals surface area contributed by atoms with E-state index in [9.17, 15) is 0 Å². The molecule has 1 aromatic heterocycles. The van der Waals surface area contributed by atoms with Crippen LogP contribution in [-0.4, -0.2) is 25.9 Å². The summed E-state index contributed by atoms with van der Waals surface area (Å²) in [5.41, 5.74) is 2.18. The van der Waals surface area contributed by atoms with Crippen LogP contribution < -0.4 is 4.57 Å². The molecular weight excluding hydrogens is 426 g/mol. The Morgan fingerprint density at radius 3 is 2.09 bits per heavy atom. The highest BCUT2D eigenvalue weighted by Gasteiger charge is 2.24. The van der Waals surface area contributed by atoms with E-state index in [4.69, 9.17) is 9.47 Å². The number of aromatic nitrogens is 1. The van der Waals surface area contributed by atoms with E-state index >= 15 is 0 Å². The molecular formula is C29H54NO2S+. The number of unbranched alkanes of at least 4 members (excludes halogenated alkanes) is 15. The largest absolute Gasteiger partial charge is 0.379 e. The van der Waals surface area contributed by atoms with Crippen molar-refractivity contribution in [3.63, 3.8) is 0 Å². The number of hydrogen-bond acceptors (Lipinski definition) is 3. The normalized spacial score (nSPS) is 18.3. The second-order valence-electron chi connectivity index (χ2n) is 10.3. The van der Waals surface area contributed by atoms with Gasteiger partial charge < -0.3 is 9.47 Å². The van der Waals surface area contributed by atoms with Gasteiger partial charge in [-0.3, -0.25) is 0 Å². The molecule has 0 unspecified atom stereocenters. The van der Waals surface area contributed by atoms with Gasteiger partial charge in [-0.05, 0) is 31.6 Å². The van der Waals surface area contributed by atoms with Gasteiger partial charge in [0.1, 0.15) is 6.54 Å². The molecule has 1 aliphatic rings. The average molecular weight is 481 g/mol. The molecule has 0 spiro atoms. The number of rotatable bonds is 23. The Balaban J connectivity index is 1.27. The van der Waals surface area contributed by atoms with Crippen molar-refractivity contribution in [1.29, 1.82) is 0 Å². The molecule has 1 aliphatic heterocycles. The molecule has 0 saturated carbocycles. The molecule has 0 bridgehead atoms. The Morgan fingerprint density at radius 1 is 0.818 bits per heavy atom. The lowest BCUT2D eigenvalue weighted by Gasteiger charge is -2.10. The van der Waals surface area contributed by atoms with Gasteiger partial charge in [-0.15, -0.1) is 0 Å². The molecule has 1 saturated heterocycles. The van der Waals surface area contributed by atoms with Gasteiger partial charge in [0.25, 0.3) is 0 Å². The maximum atomic E-state index is 5.98. The van der Waals surface area contributed by atoms with Crippen molar-refractivity contribution in [1.82, 2.24) is 0 Å². The van der Waals surface area contributed by atoms with Crippen molar-refractivity contribution >= 4 is 11.3 Å².